The summed E-state index contributed by atoms with van der Waals surface area (Å²) >= 11 is 0. The van der Waals surface area contributed by atoms with Crippen molar-refractivity contribution in [3.8, 4) is 22.5 Å². The third kappa shape index (κ3) is 2.99. The van der Waals surface area contributed by atoms with Crippen molar-refractivity contribution in [3.63, 3.8) is 0 Å². The second-order valence-electron chi connectivity index (χ2n) is 5.98. The Morgan fingerprint density at radius 1 is 1.11 bits per heavy atom. The van der Waals surface area contributed by atoms with Crippen LogP contribution in [0, 0.1) is 18.2 Å². The Morgan fingerprint density at radius 2 is 1.93 bits per heavy atom. The lowest BCUT2D eigenvalue weighted by Crippen LogP contribution is -2.07. The van der Waals surface area contributed by atoms with Gasteiger partial charge < -0.3 is 9.41 Å². The topological polar surface area (TPSA) is 39.5 Å². The van der Waals surface area contributed by atoms with Crippen molar-refractivity contribution < 1.29 is 17.6 Å². The SMILES string of the molecule is [C-]#[N+]c1cnc2ccc(-c3c(-c4ccc(F)cc4F)ncn3CC(F)F)cn12. The van der Waals surface area contributed by atoms with Crippen molar-refractivity contribution in [2.45, 2.75) is 13.0 Å². The fraction of sp³-hybridized carbons (Fsp3) is 0.105. The van der Waals surface area contributed by atoms with Crippen LogP contribution in [0.1, 0.15) is 0 Å². The number of imidazole rings is 2. The zero-order valence-corrected chi connectivity index (χ0v) is 14.2. The monoisotopic (exact) mass is 385 g/mol. The smallest absolute Gasteiger partial charge is 0.256 e. The lowest BCUT2D eigenvalue weighted by Gasteiger charge is -2.10. The maximum absolute atomic E-state index is 14.3. The molecule has 4 aromatic rings. The Labute approximate surface area is 156 Å². The molecule has 9 heteroatoms. The normalized spacial score (nSPS) is 11.3. The predicted octanol–water partition coefficient (Wildman–Crippen LogP) is 4.96. The predicted molar refractivity (Wildman–Crippen MR) is 94.0 cm³/mol. The van der Waals surface area contributed by atoms with Crippen LogP contribution in [0.15, 0.2) is 49.1 Å². The summed E-state index contributed by atoms with van der Waals surface area (Å²) in [5.74, 6) is -1.36. The number of nitrogens with zero attached hydrogens (tertiary/aromatic N) is 5. The van der Waals surface area contributed by atoms with E-state index < -0.39 is 24.6 Å². The van der Waals surface area contributed by atoms with Crippen molar-refractivity contribution in [1.82, 2.24) is 18.9 Å². The van der Waals surface area contributed by atoms with Gasteiger partial charge in [0.25, 0.3) is 12.2 Å². The largest absolute Gasteiger partial charge is 0.362 e. The molecule has 3 aromatic heterocycles. The van der Waals surface area contributed by atoms with Crippen LogP contribution in [0.2, 0.25) is 0 Å². The van der Waals surface area contributed by atoms with Gasteiger partial charge in [-0.1, -0.05) is 6.57 Å². The van der Waals surface area contributed by atoms with Gasteiger partial charge in [-0.25, -0.2) is 31.9 Å². The molecule has 28 heavy (non-hydrogen) atoms. The molecule has 0 bridgehead atoms. The van der Waals surface area contributed by atoms with E-state index in [0.717, 1.165) is 6.07 Å². The molecule has 0 fully saturated rings. The van der Waals surface area contributed by atoms with Crippen LogP contribution < -0.4 is 0 Å². The van der Waals surface area contributed by atoms with Gasteiger partial charge >= 0.3 is 0 Å². The molecule has 0 saturated heterocycles. The minimum atomic E-state index is -2.66. The van der Waals surface area contributed by atoms with E-state index in [9.17, 15) is 17.6 Å². The van der Waals surface area contributed by atoms with E-state index in [2.05, 4.69) is 14.8 Å². The fourth-order valence-corrected chi connectivity index (χ4v) is 3.04. The molecule has 0 spiro atoms. The number of hydrogen-bond acceptors (Lipinski definition) is 2. The third-order valence-electron chi connectivity index (χ3n) is 4.23. The van der Waals surface area contributed by atoms with Gasteiger partial charge in [-0.2, -0.15) is 0 Å². The van der Waals surface area contributed by atoms with E-state index in [1.807, 2.05) is 0 Å². The summed E-state index contributed by atoms with van der Waals surface area (Å²) in [7, 11) is 0. The van der Waals surface area contributed by atoms with Gasteiger partial charge in [0.05, 0.1) is 36.7 Å². The first-order valence-electron chi connectivity index (χ1n) is 8.11. The molecule has 0 aliphatic carbocycles. The molecule has 5 nitrogen and oxygen atoms in total. The molecule has 1 aromatic carbocycles. The van der Waals surface area contributed by atoms with Gasteiger partial charge in [0.15, 0.2) is 0 Å². The Balaban J connectivity index is 1.96. The molecule has 0 amide bonds. The summed E-state index contributed by atoms with van der Waals surface area (Å²) in [6.07, 6.45) is 1.48. The highest BCUT2D eigenvalue weighted by molar-refractivity contribution is 5.79. The molecule has 0 unspecified atom stereocenters. The van der Waals surface area contributed by atoms with Crippen molar-refractivity contribution >= 4 is 11.5 Å². The van der Waals surface area contributed by atoms with Crippen molar-refractivity contribution in [2.24, 2.45) is 0 Å². The highest BCUT2D eigenvalue weighted by atomic mass is 19.3. The Morgan fingerprint density at radius 3 is 2.64 bits per heavy atom. The summed E-state index contributed by atoms with van der Waals surface area (Å²) in [5, 5.41) is 0. The van der Waals surface area contributed by atoms with E-state index in [4.69, 9.17) is 6.57 Å². The Bertz CT molecular complexity index is 1220. The second kappa shape index (κ2) is 6.81. The van der Waals surface area contributed by atoms with Crippen molar-refractivity contribution in [2.75, 3.05) is 0 Å². The maximum Gasteiger partial charge on any atom is 0.256 e. The molecule has 0 saturated carbocycles. The van der Waals surface area contributed by atoms with Crippen molar-refractivity contribution in [1.29, 1.82) is 0 Å². The molecule has 3 heterocycles. The Kier molecular flexibility index (Phi) is 4.31. The second-order valence-corrected chi connectivity index (χ2v) is 5.98. The lowest BCUT2D eigenvalue weighted by molar-refractivity contribution is 0.127. The van der Waals surface area contributed by atoms with Crippen LogP contribution in [-0.2, 0) is 6.54 Å². The van der Waals surface area contributed by atoms with E-state index in [0.29, 0.717) is 17.3 Å². The number of fused-ring (bicyclic) bond motifs is 1. The van der Waals surface area contributed by atoms with Gasteiger partial charge in [0.2, 0.25) is 5.65 Å². The first-order chi connectivity index (χ1) is 13.5. The average Bonchev–Trinajstić information content (AvgIpc) is 3.24. The summed E-state index contributed by atoms with van der Waals surface area (Å²) in [6, 6.07) is 6.24. The first kappa shape index (κ1) is 17.7. The van der Waals surface area contributed by atoms with E-state index >= 15 is 0 Å². The lowest BCUT2D eigenvalue weighted by atomic mass is 10.1. The number of benzene rings is 1. The first-order valence-corrected chi connectivity index (χ1v) is 8.11. The van der Waals surface area contributed by atoms with Crippen LogP contribution in [0.5, 0.6) is 0 Å². The molecule has 140 valence electrons. The summed E-state index contributed by atoms with van der Waals surface area (Å²) in [6.45, 7) is 6.56. The summed E-state index contributed by atoms with van der Waals surface area (Å²) in [5.41, 5.74) is 1.26. The van der Waals surface area contributed by atoms with E-state index in [1.54, 1.807) is 18.3 Å². The van der Waals surface area contributed by atoms with Crippen LogP contribution in [0.4, 0.5) is 23.4 Å². The van der Waals surface area contributed by atoms with Gasteiger partial charge in [0, 0.05) is 23.3 Å². The zero-order chi connectivity index (χ0) is 19.8. The Hall–Kier alpha value is -3.67. The number of alkyl halides is 2. The number of rotatable bonds is 4. The quantitative estimate of drug-likeness (QED) is 0.368. The number of aromatic nitrogens is 4. The summed E-state index contributed by atoms with van der Waals surface area (Å²) in [4.78, 5) is 11.6. The molecule has 0 aliphatic rings. The molecule has 0 atom stereocenters. The van der Waals surface area contributed by atoms with E-state index in [-0.39, 0.29) is 22.8 Å². The maximum atomic E-state index is 14.3. The molecule has 0 aliphatic heterocycles. The third-order valence-corrected chi connectivity index (χ3v) is 4.23. The highest BCUT2D eigenvalue weighted by Crippen LogP contribution is 2.34. The van der Waals surface area contributed by atoms with Gasteiger partial charge in [-0.05, 0) is 18.2 Å². The molecule has 0 radical (unpaired) electrons. The van der Waals surface area contributed by atoms with Gasteiger partial charge in [-0.3, -0.25) is 0 Å². The van der Waals surface area contributed by atoms with Gasteiger partial charge in [0.1, 0.15) is 11.6 Å². The number of hydrogen-bond donors (Lipinski definition) is 0. The standard InChI is InChI=1S/C19H11F4N5/c1-24-17-7-25-16-5-2-11(8-28(16)17)19-18(26-10-27(19)9-15(22)23)13-4-3-12(20)6-14(13)21/h2-8,10,15H,9H2. The molecular formula is C19H11F4N5. The molecule has 4 rings (SSSR count). The molecular weight excluding hydrogens is 374 g/mol. The highest BCUT2D eigenvalue weighted by Gasteiger charge is 2.21. The average molecular weight is 385 g/mol. The fourth-order valence-electron chi connectivity index (χ4n) is 3.04. The van der Waals surface area contributed by atoms with Gasteiger partial charge in [-0.15, -0.1) is 0 Å². The van der Waals surface area contributed by atoms with Crippen molar-refractivity contribution in [3.05, 3.63) is 72.1 Å². The zero-order valence-electron chi connectivity index (χ0n) is 14.2. The summed E-state index contributed by atoms with van der Waals surface area (Å²) < 4.78 is 56.4. The van der Waals surface area contributed by atoms with Crippen LogP contribution >= 0.6 is 0 Å². The van der Waals surface area contributed by atoms with Crippen LogP contribution in [0.3, 0.4) is 0 Å². The number of pyridine rings is 1. The molecule has 0 N–H and O–H groups in total. The van der Waals surface area contributed by atoms with E-state index in [1.165, 1.54) is 27.6 Å². The number of halogens is 4. The minimum absolute atomic E-state index is 0.0134. The minimum Gasteiger partial charge on any atom is -0.362 e. The van der Waals surface area contributed by atoms with Crippen LogP contribution in [0.25, 0.3) is 33.0 Å². The van der Waals surface area contributed by atoms with Crippen LogP contribution in [-0.4, -0.2) is 25.4 Å².